The molecular formula is C2H10NO2P. The number of hydrogen-bond donors (Lipinski definition) is 3. The highest BCUT2D eigenvalue weighted by Gasteiger charge is 1.34. The van der Waals surface area contributed by atoms with Crippen LogP contribution in [-0.4, -0.2) is 16.3 Å². The molecule has 0 bridgehead atoms. The first-order valence-electron chi connectivity index (χ1n) is 1.56. The highest BCUT2D eigenvalue weighted by Crippen LogP contribution is 1.81. The van der Waals surface area contributed by atoms with Gasteiger partial charge in [-0.1, -0.05) is 6.92 Å². The largest absolute Gasteiger partial charge is 0.352 e. The summed E-state index contributed by atoms with van der Waals surface area (Å²) < 4.78 is 0. The van der Waals surface area contributed by atoms with Crippen LogP contribution in [0.1, 0.15) is 6.92 Å². The normalized spacial score (nSPS) is 6.00. The minimum Gasteiger partial charge on any atom is -0.352 e. The van der Waals surface area contributed by atoms with Gasteiger partial charge in [-0.3, -0.25) is 0 Å². The van der Waals surface area contributed by atoms with Crippen molar-refractivity contribution in [3.8, 4) is 0 Å². The second kappa shape index (κ2) is 18.5. The molecule has 0 saturated carbocycles. The van der Waals surface area contributed by atoms with Gasteiger partial charge in [0.1, 0.15) is 9.03 Å². The van der Waals surface area contributed by atoms with Crippen LogP contribution in [0.3, 0.4) is 0 Å². The van der Waals surface area contributed by atoms with E-state index in [4.69, 9.17) is 15.5 Å². The third kappa shape index (κ3) is 491. The summed E-state index contributed by atoms with van der Waals surface area (Å²) in [6.07, 6.45) is 0. The van der Waals surface area contributed by atoms with Crippen molar-refractivity contribution in [1.82, 2.24) is 0 Å². The number of hydrogen-bond acceptors (Lipinski definition) is 3. The van der Waals surface area contributed by atoms with Crippen molar-refractivity contribution >= 4 is 9.03 Å². The van der Waals surface area contributed by atoms with E-state index in [1.165, 1.54) is 0 Å². The Morgan fingerprint density at radius 3 is 1.67 bits per heavy atom. The molecule has 0 spiro atoms. The molecule has 0 atom stereocenters. The highest BCUT2D eigenvalue weighted by molar-refractivity contribution is 7.23. The average molecular weight is 111 g/mol. The fraction of sp³-hybridized carbons (Fsp3) is 1.00. The number of rotatable bonds is 0. The third-order valence-corrected chi connectivity index (χ3v) is 0. The van der Waals surface area contributed by atoms with Crippen molar-refractivity contribution in [2.24, 2.45) is 5.73 Å². The van der Waals surface area contributed by atoms with Gasteiger partial charge < -0.3 is 15.5 Å². The van der Waals surface area contributed by atoms with Gasteiger partial charge in [-0.05, 0) is 6.54 Å². The first kappa shape index (κ1) is 9.58. The van der Waals surface area contributed by atoms with Crippen molar-refractivity contribution in [3.05, 3.63) is 0 Å². The molecule has 0 radical (unpaired) electrons. The zero-order valence-corrected chi connectivity index (χ0v) is 4.68. The van der Waals surface area contributed by atoms with Crippen molar-refractivity contribution in [3.63, 3.8) is 0 Å². The summed E-state index contributed by atoms with van der Waals surface area (Å²) in [6.45, 7) is 2.65. The minimum absolute atomic E-state index is 0.750. The Kier molecular flexibility index (Phi) is 29.5. The van der Waals surface area contributed by atoms with Gasteiger partial charge in [0.05, 0.1) is 0 Å². The second-order valence-corrected chi connectivity index (χ2v) is 0.708. The first-order valence-corrected chi connectivity index (χ1v) is 2.46. The lowest BCUT2D eigenvalue weighted by Crippen LogP contribution is -1.87. The molecule has 0 aliphatic heterocycles. The van der Waals surface area contributed by atoms with Crippen LogP contribution in [0.25, 0.3) is 0 Å². The zero-order valence-electron chi connectivity index (χ0n) is 3.68. The molecule has 0 aliphatic carbocycles. The van der Waals surface area contributed by atoms with Gasteiger partial charge in [0.25, 0.3) is 0 Å². The molecular weight excluding hydrogens is 101 g/mol. The van der Waals surface area contributed by atoms with E-state index >= 15 is 0 Å². The standard InChI is InChI=1S/C2H7N.H3O2P/c1-2-3;1-3-2/h2-3H2,1H3;1-3H. The Hall–Kier alpha value is 0.310. The van der Waals surface area contributed by atoms with Crippen LogP contribution in [0, 0.1) is 0 Å². The summed E-state index contributed by atoms with van der Waals surface area (Å²) in [5.41, 5.74) is 4.85. The van der Waals surface area contributed by atoms with E-state index in [2.05, 4.69) is 0 Å². The van der Waals surface area contributed by atoms with Crippen LogP contribution < -0.4 is 5.73 Å². The SMILES string of the molecule is CCN.OPO. The zero-order chi connectivity index (χ0) is 5.41. The molecule has 0 amide bonds. The van der Waals surface area contributed by atoms with E-state index in [0.29, 0.717) is 0 Å². The predicted molar refractivity (Wildman–Crippen MR) is 27.5 cm³/mol. The lowest BCUT2D eigenvalue weighted by atomic mass is 10.8. The van der Waals surface area contributed by atoms with Crippen LogP contribution in [-0.2, 0) is 0 Å². The molecule has 4 heteroatoms. The minimum atomic E-state index is -0.917. The Bertz CT molecular complexity index is 13.5. The van der Waals surface area contributed by atoms with Gasteiger partial charge >= 0.3 is 0 Å². The van der Waals surface area contributed by atoms with E-state index in [1.807, 2.05) is 6.92 Å². The summed E-state index contributed by atoms with van der Waals surface area (Å²) in [4.78, 5) is 14.3. The van der Waals surface area contributed by atoms with E-state index in [0.717, 1.165) is 6.54 Å². The molecule has 0 aliphatic rings. The summed E-state index contributed by atoms with van der Waals surface area (Å²) in [7, 11) is -0.917. The molecule has 40 valence electrons. The lowest BCUT2D eigenvalue weighted by molar-refractivity contribution is 0.513. The molecule has 0 fully saturated rings. The average Bonchev–Trinajstić information content (AvgIpc) is 1.39. The van der Waals surface area contributed by atoms with Crippen LogP contribution in [0.2, 0.25) is 0 Å². The fourth-order valence-corrected chi connectivity index (χ4v) is 0. The van der Waals surface area contributed by atoms with E-state index in [9.17, 15) is 0 Å². The van der Waals surface area contributed by atoms with Gasteiger partial charge in [-0.25, -0.2) is 0 Å². The van der Waals surface area contributed by atoms with Crippen molar-refractivity contribution in [2.75, 3.05) is 6.54 Å². The Labute approximate surface area is 39.1 Å². The van der Waals surface area contributed by atoms with Gasteiger partial charge in [0.15, 0.2) is 0 Å². The highest BCUT2D eigenvalue weighted by atomic mass is 31.1. The molecule has 0 aromatic rings. The molecule has 0 unspecified atom stereocenters. The molecule has 0 rings (SSSR count). The van der Waals surface area contributed by atoms with Gasteiger partial charge in [-0.15, -0.1) is 0 Å². The fourth-order valence-electron chi connectivity index (χ4n) is 0. The van der Waals surface area contributed by atoms with Crippen molar-refractivity contribution in [1.29, 1.82) is 0 Å². The summed E-state index contributed by atoms with van der Waals surface area (Å²) in [5.74, 6) is 0. The molecule has 0 saturated heterocycles. The Morgan fingerprint density at radius 1 is 1.67 bits per heavy atom. The monoisotopic (exact) mass is 111 g/mol. The maximum Gasteiger partial charge on any atom is 0.149 e. The summed E-state index contributed by atoms with van der Waals surface area (Å²) in [5, 5.41) is 0. The molecule has 0 aromatic carbocycles. The Morgan fingerprint density at radius 2 is 1.67 bits per heavy atom. The van der Waals surface area contributed by atoms with Gasteiger partial charge in [0, 0.05) is 0 Å². The van der Waals surface area contributed by atoms with E-state index in [-0.39, 0.29) is 0 Å². The third-order valence-electron chi connectivity index (χ3n) is 0. The second-order valence-electron chi connectivity index (χ2n) is 0.508. The van der Waals surface area contributed by atoms with Crippen molar-refractivity contribution in [2.45, 2.75) is 6.92 Å². The van der Waals surface area contributed by atoms with Crippen molar-refractivity contribution < 1.29 is 9.79 Å². The van der Waals surface area contributed by atoms with E-state index in [1.54, 1.807) is 0 Å². The van der Waals surface area contributed by atoms with Gasteiger partial charge in [0.2, 0.25) is 0 Å². The van der Waals surface area contributed by atoms with E-state index < -0.39 is 9.03 Å². The van der Waals surface area contributed by atoms with Crippen LogP contribution in [0.15, 0.2) is 0 Å². The molecule has 6 heavy (non-hydrogen) atoms. The topological polar surface area (TPSA) is 66.5 Å². The molecule has 4 N–H and O–H groups in total. The lowest BCUT2D eigenvalue weighted by Gasteiger charge is -1.54. The molecule has 0 aromatic heterocycles. The summed E-state index contributed by atoms with van der Waals surface area (Å²) in [6, 6.07) is 0. The quantitative estimate of drug-likeness (QED) is 0.367. The summed E-state index contributed by atoms with van der Waals surface area (Å²) >= 11 is 0. The number of nitrogens with two attached hydrogens (primary N) is 1. The first-order chi connectivity index (χ1) is 2.83. The maximum atomic E-state index is 7.15. The maximum absolute atomic E-state index is 7.15. The van der Waals surface area contributed by atoms with Gasteiger partial charge in [-0.2, -0.15) is 0 Å². The smallest absolute Gasteiger partial charge is 0.149 e. The molecule has 3 nitrogen and oxygen atoms in total. The van der Waals surface area contributed by atoms with Crippen LogP contribution in [0.4, 0.5) is 0 Å². The predicted octanol–water partition coefficient (Wildman–Crippen LogP) is -0.555. The Balaban J connectivity index is 0. The molecule has 0 heterocycles. The van der Waals surface area contributed by atoms with Crippen LogP contribution >= 0.6 is 9.03 Å². The van der Waals surface area contributed by atoms with Crippen LogP contribution in [0.5, 0.6) is 0 Å².